The number of nitrogens with two attached hydrogens (primary N) is 2. The van der Waals surface area contributed by atoms with E-state index >= 15 is 0 Å². The number of hydrogen-bond acceptors (Lipinski definition) is 4. The number of nitrogens with zero attached hydrogens (tertiary/aromatic N) is 1. The molecule has 0 bridgehead atoms. The maximum absolute atomic E-state index is 10.4. The van der Waals surface area contributed by atoms with Gasteiger partial charge in [-0.25, -0.2) is 9.86 Å². The van der Waals surface area contributed by atoms with Gasteiger partial charge in [0.2, 0.25) is 0 Å². The normalized spacial score (nSPS) is 16.0. The topological polar surface area (TPSA) is 131 Å². The van der Waals surface area contributed by atoms with E-state index in [4.69, 9.17) is 10.9 Å². The summed E-state index contributed by atoms with van der Waals surface area (Å²) in [5.74, 6) is -0.445. The van der Waals surface area contributed by atoms with Crippen molar-refractivity contribution >= 4 is 16.0 Å². The van der Waals surface area contributed by atoms with Crippen LogP contribution in [0.4, 0.5) is 0 Å². The summed E-state index contributed by atoms with van der Waals surface area (Å²) in [5.41, 5.74) is 5.17. The highest BCUT2D eigenvalue weighted by Gasteiger charge is 2.09. The molecule has 0 saturated carbocycles. The predicted octanol–water partition coefficient (Wildman–Crippen LogP) is -1.84. The molecule has 1 atom stereocenters. The third kappa shape index (κ3) is 4.88. The minimum absolute atomic E-state index is 0.00866. The first-order chi connectivity index (χ1) is 5.37. The summed E-state index contributed by atoms with van der Waals surface area (Å²) in [6.07, 6.45) is 0. The van der Waals surface area contributed by atoms with Gasteiger partial charge >= 0.3 is 0 Å². The Balaban J connectivity index is 3.97. The minimum atomic E-state index is -3.70. The Hall–Kier alpha value is -0.860. The number of amidine groups is 1. The zero-order valence-electron chi connectivity index (χ0n) is 6.56. The molecule has 8 heteroatoms. The van der Waals surface area contributed by atoms with Gasteiger partial charge in [-0.2, -0.15) is 8.42 Å². The van der Waals surface area contributed by atoms with Crippen molar-refractivity contribution < 1.29 is 13.6 Å². The van der Waals surface area contributed by atoms with Crippen LogP contribution < -0.4 is 15.6 Å². The highest BCUT2D eigenvalue weighted by atomic mass is 32.2. The molecule has 7 nitrogen and oxygen atoms in total. The van der Waals surface area contributed by atoms with Crippen LogP contribution in [0.25, 0.3) is 0 Å². The van der Waals surface area contributed by atoms with Gasteiger partial charge in [-0.1, -0.05) is 12.1 Å². The van der Waals surface area contributed by atoms with Crippen LogP contribution in [0.5, 0.6) is 0 Å². The predicted molar refractivity (Wildman–Crippen MR) is 43.7 cm³/mol. The van der Waals surface area contributed by atoms with Crippen LogP contribution >= 0.6 is 0 Å². The van der Waals surface area contributed by atoms with E-state index in [1.165, 1.54) is 0 Å². The maximum atomic E-state index is 10.4. The van der Waals surface area contributed by atoms with Gasteiger partial charge in [0.25, 0.3) is 10.2 Å². The third-order valence-corrected chi connectivity index (χ3v) is 1.78. The van der Waals surface area contributed by atoms with Crippen LogP contribution in [-0.2, 0) is 10.2 Å². The minimum Gasteiger partial charge on any atom is -0.409 e. The molecule has 0 fully saturated rings. The quantitative estimate of drug-likeness (QED) is 0.182. The van der Waals surface area contributed by atoms with E-state index in [1.807, 2.05) is 4.72 Å². The van der Waals surface area contributed by atoms with Gasteiger partial charge < -0.3 is 10.9 Å². The van der Waals surface area contributed by atoms with Crippen molar-refractivity contribution in [1.82, 2.24) is 4.72 Å². The number of nitrogens with one attached hydrogen (secondary N) is 1. The van der Waals surface area contributed by atoms with Crippen LogP contribution in [0.15, 0.2) is 5.16 Å². The van der Waals surface area contributed by atoms with Gasteiger partial charge in [-0.05, 0) is 0 Å². The van der Waals surface area contributed by atoms with E-state index in [-0.39, 0.29) is 12.4 Å². The Morgan fingerprint density at radius 1 is 1.75 bits per heavy atom. The Morgan fingerprint density at radius 2 is 2.25 bits per heavy atom. The molecule has 0 aromatic carbocycles. The van der Waals surface area contributed by atoms with Crippen LogP contribution in [0, 0.1) is 5.92 Å². The van der Waals surface area contributed by atoms with Crippen LogP contribution in [0.2, 0.25) is 0 Å². The molecule has 12 heavy (non-hydrogen) atoms. The lowest BCUT2D eigenvalue weighted by Crippen LogP contribution is -2.38. The van der Waals surface area contributed by atoms with Gasteiger partial charge in [0.15, 0.2) is 0 Å². The zero-order valence-corrected chi connectivity index (χ0v) is 7.37. The molecule has 0 aliphatic carbocycles. The average molecular weight is 196 g/mol. The molecule has 72 valence electrons. The van der Waals surface area contributed by atoms with Crippen molar-refractivity contribution in [3.63, 3.8) is 0 Å². The van der Waals surface area contributed by atoms with Crippen molar-refractivity contribution in [2.75, 3.05) is 6.54 Å². The van der Waals surface area contributed by atoms with E-state index in [0.717, 1.165) is 0 Å². The standard InChI is InChI=1S/C4H12N4O3S/c1-3(4(5)8-9)2-7-12(6,10)11/h3,7,9H,2H2,1H3,(H2,5,8)(H2,6,10,11). The molecule has 0 aliphatic rings. The molecule has 0 rings (SSSR count). The molecule has 0 saturated heterocycles. The second-order valence-electron chi connectivity index (χ2n) is 2.32. The fourth-order valence-electron chi connectivity index (χ4n) is 0.444. The summed E-state index contributed by atoms with van der Waals surface area (Å²) in [6.45, 7) is 1.60. The summed E-state index contributed by atoms with van der Waals surface area (Å²) in [7, 11) is -3.70. The van der Waals surface area contributed by atoms with E-state index in [2.05, 4.69) is 10.3 Å². The first-order valence-electron chi connectivity index (χ1n) is 3.11. The monoisotopic (exact) mass is 196 g/mol. The van der Waals surface area contributed by atoms with Crippen LogP contribution in [0.1, 0.15) is 6.92 Å². The summed E-state index contributed by atoms with van der Waals surface area (Å²) >= 11 is 0. The second-order valence-corrected chi connectivity index (χ2v) is 3.70. The van der Waals surface area contributed by atoms with Gasteiger partial charge in [0.05, 0.1) is 0 Å². The smallest absolute Gasteiger partial charge is 0.274 e. The molecular weight excluding hydrogens is 184 g/mol. The molecule has 6 N–H and O–H groups in total. The Labute approximate surface area is 70.6 Å². The molecule has 0 amide bonds. The highest BCUT2D eigenvalue weighted by molar-refractivity contribution is 7.87. The van der Waals surface area contributed by atoms with Gasteiger partial charge in [0.1, 0.15) is 5.84 Å². The molecule has 0 radical (unpaired) electrons. The fraction of sp³-hybridized carbons (Fsp3) is 0.750. The van der Waals surface area contributed by atoms with Crippen LogP contribution in [-0.4, -0.2) is 26.0 Å². The third-order valence-electron chi connectivity index (χ3n) is 1.21. The van der Waals surface area contributed by atoms with Crippen molar-refractivity contribution in [3.8, 4) is 0 Å². The Bertz CT molecular complexity index is 259. The molecule has 0 aromatic heterocycles. The van der Waals surface area contributed by atoms with E-state index < -0.39 is 16.1 Å². The van der Waals surface area contributed by atoms with Crippen molar-refractivity contribution in [2.24, 2.45) is 21.9 Å². The summed E-state index contributed by atoms with van der Waals surface area (Å²) < 4.78 is 22.8. The van der Waals surface area contributed by atoms with Crippen molar-refractivity contribution in [1.29, 1.82) is 0 Å². The van der Waals surface area contributed by atoms with E-state index in [0.29, 0.717) is 0 Å². The first-order valence-corrected chi connectivity index (χ1v) is 4.66. The second kappa shape index (κ2) is 4.24. The lowest BCUT2D eigenvalue weighted by molar-refractivity contribution is 0.314. The van der Waals surface area contributed by atoms with Gasteiger partial charge in [0, 0.05) is 12.5 Å². The molecule has 0 aliphatic heterocycles. The lowest BCUT2D eigenvalue weighted by Gasteiger charge is -2.08. The molecule has 0 aromatic rings. The molecule has 0 spiro atoms. The van der Waals surface area contributed by atoms with Gasteiger partial charge in [-0.15, -0.1) is 0 Å². The average Bonchev–Trinajstić information content (AvgIpc) is 1.97. The highest BCUT2D eigenvalue weighted by Crippen LogP contribution is 1.91. The van der Waals surface area contributed by atoms with Crippen molar-refractivity contribution in [2.45, 2.75) is 6.92 Å². The Morgan fingerprint density at radius 3 is 2.58 bits per heavy atom. The zero-order chi connectivity index (χ0) is 9.78. The largest absolute Gasteiger partial charge is 0.409 e. The van der Waals surface area contributed by atoms with Gasteiger partial charge in [-0.3, -0.25) is 0 Å². The van der Waals surface area contributed by atoms with Crippen molar-refractivity contribution in [3.05, 3.63) is 0 Å². The summed E-state index contributed by atoms with van der Waals surface area (Å²) in [4.78, 5) is 0. The Kier molecular flexibility index (Phi) is 3.93. The number of oxime groups is 1. The summed E-state index contributed by atoms with van der Waals surface area (Å²) in [5, 5.41) is 15.5. The summed E-state index contributed by atoms with van der Waals surface area (Å²) in [6, 6.07) is 0. The number of rotatable bonds is 4. The molecule has 1 unspecified atom stereocenters. The molecular formula is C4H12N4O3S. The fourth-order valence-corrected chi connectivity index (χ4v) is 0.927. The maximum Gasteiger partial charge on any atom is 0.274 e. The van der Waals surface area contributed by atoms with Crippen LogP contribution in [0.3, 0.4) is 0 Å². The van der Waals surface area contributed by atoms with E-state index in [9.17, 15) is 8.42 Å². The lowest BCUT2D eigenvalue weighted by atomic mass is 10.2. The SMILES string of the molecule is CC(CNS(N)(=O)=O)C(N)=NO. The first kappa shape index (κ1) is 11.1. The van der Waals surface area contributed by atoms with E-state index in [1.54, 1.807) is 6.92 Å². The number of hydrogen-bond donors (Lipinski definition) is 4. The molecule has 0 heterocycles.